The van der Waals surface area contributed by atoms with Crippen LogP contribution in [0.2, 0.25) is 5.02 Å². The molecule has 70 valence electrons. The highest BCUT2D eigenvalue weighted by Gasteiger charge is 1.84. The third-order valence-corrected chi connectivity index (χ3v) is 1.08. The molecule has 0 aliphatic rings. The Hall–Kier alpha value is -0.690. The molecule has 0 atom stereocenters. The van der Waals surface area contributed by atoms with Gasteiger partial charge in [-0.15, -0.1) is 0 Å². The summed E-state index contributed by atoms with van der Waals surface area (Å²) < 4.78 is 0. The summed E-state index contributed by atoms with van der Waals surface area (Å²) in [5, 5.41) is 9.34. The summed E-state index contributed by atoms with van der Waals surface area (Å²) in [6, 6.07) is 6.36. The lowest BCUT2D eigenvalue weighted by Gasteiger charge is -1.87. The van der Waals surface area contributed by atoms with Crippen molar-refractivity contribution in [1.29, 1.82) is 0 Å². The first kappa shape index (κ1) is 13.9. The smallest absolute Gasteiger partial charge is 0.115 e. The molecule has 0 fully saturated rings. The normalized spacial score (nSPS) is 7.08. The van der Waals surface area contributed by atoms with Crippen LogP contribution in [0.3, 0.4) is 0 Å². The van der Waals surface area contributed by atoms with Crippen LogP contribution in [0.4, 0.5) is 0 Å². The van der Waals surface area contributed by atoms with Crippen LogP contribution in [0.1, 0.15) is 27.7 Å². The van der Waals surface area contributed by atoms with Crippen molar-refractivity contribution in [3.63, 3.8) is 0 Å². The zero-order valence-electron chi connectivity index (χ0n) is 8.13. The number of halogens is 1. The topological polar surface area (TPSA) is 20.2 Å². The minimum Gasteiger partial charge on any atom is -0.508 e. The maximum atomic E-state index is 8.70. The standard InChI is InChI=1S/C6H5ClO.2C2H6/c7-5-1-3-6(8)4-2-5;2*1-2/h1-4,8H;2*1-2H3. The SMILES string of the molecule is CC.CC.Oc1ccc(Cl)cc1. The van der Waals surface area contributed by atoms with Crippen LogP contribution in [0, 0.1) is 0 Å². The van der Waals surface area contributed by atoms with Crippen LogP contribution in [0.25, 0.3) is 0 Å². The van der Waals surface area contributed by atoms with Gasteiger partial charge in [0.1, 0.15) is 5.75 Å². The molecule has 1 aromatic rings. The second-order valence-corrected chi connectivity index (χ2v) is 1.91. The number of phenols is 1. The number of aromatic hydroxyl groups is 1. The number of phenolic OH excluding ortho intramolecular Hbond substituents is 1. The van der Waals surface area contributed by atoms with Crippen LogP contribution in [-0.2, 0) is 0 Å². The van der Waals surface area contributed by atoms with E-state index < -0.39 is 0 Å². The number of benzene rings is 1. The Balaban J connectivity index is 0. The van der Waals surface area contributed by atoms with Crippen molar-refractivity contribution in [2.24, 2.45) is 0 Å². The van der Waals surface area contributed by atoms with Crippen molar-refractivity contribution < 1.29 is 5.11 Å². The van der Waals surface area contributed by atoms with E-state index in [9.17, 15) is 0 Å². The maximum Gasteiger partial charge on any atom is 0.115 e. The Labute approximate surface area is 80.0 Å². The molecule has 0 aromatic heterocycles. The van der Waals surface area contributed by atoms with Crippen LogP contribution in [0.15, 0.2) is 24.3 Å². The van der Waals surface area contributed by atoms with Crippen LogP contribution in [0.5, 0.6) is 5.75 Å². The monoisotopic (exact) mass is 188 g/mol. The van der Waals surface area contributed by atoms with Crippen molar-refractivity contribution in [3.05, 3.63) is 29.3 Å². The van der Waals surface area contributed by atoms with Gasteiger partial charge in [0.25, 0.3) is 0 Å². The zero-order valence-corrected chi connectivity index (χ0v) is 8.89. The maximum absolute atomic E-state index is 8.70. The van der Waals surface area contributed by atoms with E-state index in [-0.39, 0.29) is 5.75 Å². The molecule has 0 heterocycles. The Morgan fingerprint density at radius 3 is 1.50 bits per heavy atom. The fourth-order valence-electron chi connectivity index (χ4n) is 0.441. The highest BCUT2D eigenvalue weighted by molar-refractivity contribution is 6.30. The third kappa shape index (κ3) is 7.42. The molecule has 0 amide bonds. The molecule has 0 bridgehead atoms. The van der Waals surface area contributed by atoms with E-state index in [2.05, 4.69) is 0 Å². The number of rotatable bonds is 0. The number of hydrogen-bond donors (Lipinski definition) is 1. The summed E-state index contributed by atoms with van der Waals surface area (Å²) in [6.45, 7) is 8.00. The minimum atomic E-state index is 0.245. The molecule has 2 heteroatoms. The Bertz CT molecular complexity index is 149. The molecule has 12 heavy (non-hydrogen) atoms. The fourth-order valence-corrected chi connectivity index (χ4v) is 0.567. The van der Waals surface area contributed by atoms with Gasteiger partial charge in [0.05, 0.1) is 0 Å². The quantitative estimate of drug-likeness (QED) is 0.650. The molecule has 0 radical (unpaired) electrons. The molecule has 0 saturated heterocycles. The highest BCUT2D eigenvalue weighted by atomic mass is 35.5. The predicted octanol–water partition coefficient (Wildman–Crippen LogP) is 4.10. The fraction of sp³-hybridized carbons (Fsp3) is 0.400. The first-order chi connectivity index (χ1) is 5.79. The second kappa shape index (κ2) is 10.3. The molecular weight excluding hydrogens is 172 g/mol. The van der Waals surface area contributed by atoms with E-state index >= 15 is 0 Å². The molecule has 1 rings (SSSR count). The molecule has 0 saturated carbocycles. The Morgan fingerprint density at radius 2 is 1.25 bits per heavy atom. The number of hydrogen-bond acceptors (Lipinski definition) is 1. The van der Waals surface area contributed by atoms with Gasteiger partial charge >= 0.3 is 0 Å². The van der Waals surface area contributed by atoms with Gasteiger partial charge in [0.15, 0.2) is 0 Å². The lowest BCUT2D eigenvalue weighted by Crippen LogP contribution is -1.61. The Morgan fingerprint density at radius 1 is 0.917 bits per heavy atom. The first-order valence-corrected chi connectivity index (χ1v) is 4.61. The second-order valence-electron chi connectivity index (χ2n) is 1.48. The van der Waals surface area contributed by atoms with Gasteiger partial charge in [-0.25, -0.2) is 0 Å². The summed E-state index contributed by atoms with van der Waals surface area (Å²) in [5.41, 5.74) is 0. The third-order valence-electron chi connectivity index (χ3n) is 0.827. The van der Waals surface area contributed by atoms with Gasteiger partial charge < -0.3 is 5.11 Å². The van der Waals surface area contributed by atoms with E-state index in [0.717, 1.165) is 0 Å². The van der Waals surface area contributed by atoms with Crippen molar-refractivity contribution >= 4 is 11.6 Å². The van der Waals surface area contributed by atoms with Crippen LogP contribution < -0.4 is 0 Å². The van der Waals surface area contributed by atoms with Gasteiger partial charge in [-0.2, -0.15) is 0 Å². The van der Waals surface area contributed by atoms with Crippen molar-refractivity contribution in [3.8, 4) is 5.75 Å². The molecule has 0 aliphatic carbocycles. The molecule has 0 unspecified atom stereocenters. The molecule has 0 spiro atoms. The van der Waals surface area contributed by atoms with E-state index in [1.165, 1.54) is 0 Å². The van der Waals surface area contributed by atoms with Gasteiger partial charge in [-0.3, -0.25) is 0 Å². The van der Waals surface area contributed by atoms with Gasteiger partial charge in [0, 0.05) is 5.02 Å². The largest absolute Gasteiger partial charge is 0.508 e. The first-order valence-electron chi connectivity index (χ1n) is 4.23. The molecule has 0 aliphatic heterocycles. The molecular formula is C10H17ClO. The summed E-state index contributed by atoms with van der Waals surface area (Å²) >= 11 is 5.50. The summed E-state index contributed by atoms with van der Waals surface area (Å²) in [7, 11) is 0. The van der Waals surface area contributed by atoms with E-state index in [1.807, 2.05) is 27.7 Å². The highest BCUT2D eigenvalue weighted by Crippen LogP contribution is 2.12. The average Bonchev–Trinajstić information content (AvgIpc) is 2.17. The van der Waals surface area contributed by atoms with Crippen molar-refractivity contribution in [2.45, 2.75) is 27.7 Å². The van der Waals surface area contributed by atoms with Crippen molar-refractivity contribution in [1.82, 2.24) is 0 Å². The minimum absolute atomic E-state index is 0.245. The summed E-state index contributed by atoms with van der Waals surface area (Å²) in [6.07, 6.45) is 0. The van der Waals surface area contributed by atoms with E-state index in [0.29, 0.717) is 5.02 Å². The average molecular weight is 189 g/mol. The van der Waals surface area contributed by atoms with E-state index in [4.69, 9.17) is 16.7 Å². The molecule has 1 N–H and O–H groups in total. The van der Waals surface area contributed by atoms with Gasteiger partial charge in [0.2, 0.25) is 0 Å². The van der Waals surface area contributed by atoms with E-state index in [1.54, 1.807) is 24.3 Å². The molecule has 1 aromatic carbocycles. The lowest BCUT2D eigenvalue weighted by atomic mass is 10.3. The van der Waals surface area contributed by atoms with Crippen LogP contribution in [-0.4, -0.2) is 5.11 Å². The van der Waals surface area contributed by atoms with Crippen LogP contribution >= 0.6 is 11.6 Å². The molecule has 1 nitrogen and oxygen atoms in total. The van der Waals surface area contributed by atoms with Gasteiger partial charge in [-0.1, -0.05) is 39.3 Å². The van der Waals surface area contributed by atoms with Gasteiger partial charge in [-0.05, 0) is 24.3 Å². The summed E-state index contributed by atoms with van der Waals surface area (Å²) in [4.78, 5) is 0. The predicted molar refractivity (Wildman–Crippen MR) is 55.8 cm³/mol. The summed E-state index contributed by atoms with van der Waals surface area (Å²) in [5.74, 6) is 0.245. The Kier molecular flexibility index (Phi) is 11.9. The lowest BCUT2D eigenvalue weighted by molar-refractivity contribution is 0.475. The van der Waals surface area contributed by atoms with Crippen molar-refractivity contribution in [2.75, 3.05) is 0 Å². The zero-order chi connectivity index (χ0) is 9.98.